The minimum absolute atomic E-state index is 0.508. The van der Waals surface area contributed by atoms with E-state index in [1.54, 1.807) is 0 Å². The van der Waals surface area contributed by atoms with Crippen molar-refractivity contribution in [3.8, 4) is 0 Å². The highest BCUT2D eigenvalue weighted by Crippen LogP contribution is 2.32. The summed E-state index contributed by atoms with van der Waals surface area (Å²) >= 11 is 0. The Hall–Kier alpha value is -0.400. The van der Waals surface area contributed by atoms with Crippen LogP contribution in [0.15, 0.2) is 5.18 Å². The molecule has 0 N–H and O–H groups in total. The normalized spacial score (nSPS) is 20.8. The Morgan fingerprint density at radius 3 is 2.73 bits per heavy atom. The number of hydrogen-bond donors (Lipinski definition) is 0. The molecule has 11 heavy (non-hydrogen) atoms. The maximum atomic E-state index is 9.83. The molecule has 0 aromatic carbocycles. The Morgan fingerprint density at radius 2 is 2.27 bits per heavy atom. The van der Waals surface area contributed by atoms with E-state index in [2.05, 4.69) is 12.1 Å². The molecule has 1 fully saturated rings. The lowest BCUT2D eigenvalue weighted by molar-refractivity contribution is 0.252. The summed E-state index contributed by atoms with van der Waals surface area (Å²) in [6, 6.07) is 0. The second kappa shape index (κ2) is 4.47. The molecule has 1 aliphatic rings. The second-order valence-corrected chi connectivity index (χ2v) is 3.78. The summed E-state index contributed by atoms with van der Waals surface area (Å²) in [4.78, 5) is 9.83. The fourth-order valence-corrected chi connectivity index (χ4v) is 1.69. The lowest BCUT2D eigenvalue weighted by atomic mass is 9.79. The Bertz CT molecular complexity index is 121. The molecule has 1 unspecified atom stereocenters. The summed E-state index contributed by atoms with van der Waals surface area (Å²) in [6.45, 7) is 2.73. The van der Waals surface area contributed by atoms with Crippen LogP contribution in [0.3, 0.4) is 0 Å². The molecule has 0 heterocycles. The summed E-state index contributed by atoms with van der Waals surface area (Å²) in [5.74, 6) is 1.68. The molecule has 2 heteroatoms. The fourth-order valence-electron chi connectivity index (χ4n) is 1.69. The van der Waals surface area contributed by atoms with Gasteiger partial charge in [-0.3, -0.25) is 0 Å². The molecule has 0 saturated heterocycles. The van der Waals surface area contributed by atoms with Crippen LogP contribution < -0.4 is 0 Å². The van der Waals surface area contributed by atoms with E-state index in [9.17, 15) is 4.91 Å². The minimum Gasteiger partial charge on any atom is -0.151 e. The predicted molar refractivity (Wildman–Crippen MR) is 46.4 cm³/mol. The second-order valence-electron chi connectivity index (χ2n) is 3.78. The molecule has 0 bridgehead atoms. The van der Waals surface area contributed by atoms with E-state index in [4.69, 9.17) is 0 Å². The summed E-state index contributed by atoms with van der Waals surface area (Å²) in [7, 11) is 0. The molecule has 0 aliphatic heterocycles. The molecule has 64 valence electrons. The summed E-state index contributed by atoms with van der Waals surface area (Å²) in [5, 5.41) is 2.88. The van der Waals surface area contributed by atoms with Gasteiger partial charge in [-0.2, -0.15) is 4.91 Å². The maximum Gasteiger partial charge on any atom is 0.0813 e. The van der Waals surface area contributed by atoms with E-state index >= 15 is 0 Å². The van der Waals surface area contributed by atoms with E-state index in [-0.39, 0.29) is 0 Å². The Morgan fingerprint density at radius 1 is 1.55 bits per heavy atom. The van der Waals surface area contributed by atoms with Gasteiger partial charge in [0.1, 0.15) is 0 Å². The largest absolute Gasteiger partial charge is 0.151 e. The molecule has 1 atom stereocenters. The van der Waals surface area contributed by atoms with Crippen LogP contribution >= 0.6 is 0 Å². The molecule has 0 spiro atoms. The Labute approximate surface area is 68.3 Å². The maximum absolute atomic E-state index is 9.83. The summed E-state index contributed by atoms with van der Waals surface area (Å²) < 4.78 is 0. The van der Waals surface area contributed by atoms with Gasteiger partial charge in [0, 0.05) is 0 Å². The zero-order chi connectivity index (χ0) is 8.10. The molecule has 0 aromatic rings. The van der Waals surface area contributed by atoms with Crippen molar-refractivity contribution in [1.29, 1.82) is 0 Å². The smallest absolute Gasteiger partial charge is 0.0813 e. The lowest BCUT2D eigenvalue weighted by Crippen LogP contribution is -2.14. The van der Waals surface area contributed by atoms with Crippen molar-refractivity contribution >= 4 is 0 Å². The first-order valence-corrected chi connectivity index (χ1v) is 4.62. The standard InChI is InChI=1S/C9H17NO/c1-8(5-6-10-11)7-9-3-2-4-9/h8-9H,2-7H2,1H3. The third-order valence-corrected chi connectivity index (χ3v) is 2.67. The third-order valence-electron chi connectivity index (χ3n) is 2.67. The van der Waals surface area contributed by atoms with Crippen molar-refractivity contribution in [3.05, 3.63) is 4.91 Å². The van der Waals surface area contributed by atoms with Crippen molar-refractivity contribution in [2.24, 2.45) is 17.0 Å². The van der Waals surface area contributed by atoms with E-state index in [1.807, 2.05) is 0 Å². The summed E-state index contributed by atoms with van der Waals surface area (Å²) in [6.07, 6.45) is 6.55. The molecular weight excluding hydrogens is 138 g/mol. The monoisotopic (exact) mass is 155 g/mol. The highest BCUT2D eigenvalue weighted by Gasteiger charge is 2.19. The van der Waals surface area contributed by atoms with E-state index < -0.39 is 0 Å². The van der Waals surface area contributed by atoms with Gasteiger partial charge in [-0.1, -0.05) is 31.4 Å². The first-order chi connectivity index (χ1) is 5.33. The highest BCUT2D eigenvalue weighted by molar-refractivity contribution is 4.72. The number of rotatable bonds is 5. The fraction of sp³-hybridized carbons (Fsp3) is 1.00. The molecule has 0 amide bonds. The SMILES string of the molecule is CC(CCN=O)CC1CCC1. The van der Waals surface area contributed by atoms with Crippen LogP contribution in [-0.2, 0) is 0 Å². The number of hydrogen-bond acceptors (Lipinski definition) is 2. The number of nitroso groups, excluding NO2 is 1. The van der Waals surface area contributed by atoms with Gasteiger partial charge in [-0.15, -0.1) is 0 Å². The van der Waals surface area contributed by atoms with Gasteiger partial charge in [0.15, 0.2) is 0 Å². The zero-order valence-electron chi connectivity index (χ0n) is 7.25. The van der Waals surface area contributed by atoms with Gasteiger partial charge < -0.3 is 0 Å². The van der Waals surface area contributed by atoms with Crippen LogP contribution in [0, 0.1) is 16.7 Å². The van der Waals surface area contributed by atoms with Crippen LogP contribution in [0.4, 0.5) is 0 Å². The third kappa shape index (κ3) is 3.00. The van der Waals surface area contributed by atoms with Crippen LogP contribution in [0.1, 0.15) is 39.0 Å². The molecule has 1 saturated carbocycles. The van der Waals surface area contributed by atoms with Gasteiger partial charge in [-0.25, -0.2) is 0 Å². The van der Waals surface area contributed by atoms with Gasteiger partial charge >= 0.3 is 0 Å². The van der Waals surface area contributed by atoms with Gasteiger partial charge in [-0.05, 0) is 24.7 Å². The molecule has 0 aromatic heterocycles. The first-order valence-electron chi connectivity index (χ1n) is 4.62. The van der Waals surface area contributed by atoms with Gasteiger partial charge in [0.2, 0.25) is 0 Å². The zero-order valence-corrected chi connectivity index (χ0v) is 7.25. The summed E-state index contributed by atoms with van der Waals surface area (Å²) in [5.41, 5.74) is 0. The molecule has 2 nitrogen and oxygen atoms in total. The van der Waals surface area contributed by atoms with E-state index in [0.717, 1.165) is 12.3 Å². The van der Waals surface area contributed by atoms with Crippen LogP contribution in [0.5, 0.6) is 0 Å². The van der Waals surface area contributed by atoms with Crippen molar-refractivity contribution in [3.63, 3.8) is 0 Å². The van der Waals surface area contributed by atoms with Crippen molar-refractivity contribution < 1.29 is 0 Å². The van der Waals surface area contributed by atoms with Crippen LogP contribution in [0.2, 0.25) is 0 Å². The van der Waals surface area contributed by atoms with E-state index in [0.29, 0.717) is 12.5 Å². The lowest BCUT2D eigenvalue weighted by Gasteiger charge is -2.27. The average Bonchev–Trinajstić information content (AvgIpc) is 1.93. The molecule has 1 rings (SSSR count). The van der Waals surface area contributed by atoms with Crippen LogP contribution in [-0.4, -0.2) is 6.54 Å². The average molecular weight is 155 g/mol. The molecule has 1 aliphatic carbocycles. The Balaban J connectivity index is 1.99. The van der Waals surface area contributed by atoms with Gasteiger partial charge in [0.25, 0.3) is 0 Å². The minimum atomic E-state index is 0.508. The van der Waals surface area contributed by atoms with Crippen molar-refractivity contribution in [2.75, 3.05) is 6.54 Å². The van der Waals surface area contributed by atoms with E-state index in [1.165, 1.54) is 25.7 Å². The van der Waals surface area contributed by atoms with Crippen molar-refractivity contribution in [2.45, 2.75) is 39.0 Å². The topological polar surface area (TPSA) is 29.4 Å². The quantitative estimate of drug-likeness (QED) is 0.561. The van der Waals surface area contributed by atoms with Crippen molar-refractivity contribution in [1.82, 2.24) is 0 Å². The first kappa shape index (κ1) is 8.69. The Kier molecular flexibility index (Phi) is 3.53. The predicted octanol–water partition coefficient (Wildman–Crippen LogP) is 2.97. The highest BCUT2D eigenvalue weighted by atomic mass is 16.3. The number of nitrogens with zero attached hydrogens (tertiary/aromatic N) is 1. The molecular formula is C9H17NO. The van der Waals surface area contributed by atoms with Crippen LogP contribution in [0.25, 0.3) is 0 Å². The molecule has 0 radical (unpaired) electrons. The van der Waals surface area contributed by atoms with Gasteiger partial charge in [0.05, 0.1) is 6.54 Å².